The van der Waals surface area contributed by atoms with Crippen LogP contribution in [0.4, 0.5) is 0 Å². The predicted molar refractivity (Wildman–Crippen MR) is 38.0 cm³/mol. The highest BCUT2D eigenvalue weighted by atomic mass is 16.5. The van der Waals surface area contributed by atoms with Crippen molar-refractivity contribution in [1.82, 2.24) is 9.78 Å². The van der Waals surface area contributed by atoms with Crippen molar-refractivity contribution in [3.63, 3.8) is 0 Å². The van der Waals surface area contributed by atoms with E-state index in [1.165, 1.54) is 10.9 Å². The van der Waals surface area contributed by atoms with Gasteiger partial charge in [-0.1, -0.05) is 6.92 Å². The summed E-state index contributed by atoms with van der Waals surface area (Å²) < 4.78 is 6.29. The van der Waals surface area contributed by atoms with E-state index in [1.54, 1.807) is 14.0 Å². The molecular formula is C7H9N2O2. The van der Waals surface area contributed by atoms with Crippen LogP contribution >= 0.6 is 0 Å². The van der Waals surface area contributed by atoms with Crippen LogP contribution in [0, 0.1) is 6.07 Å². The van der Waals surface area contributed by atoms with Crippen molar-refractivity contribution < 1.29 is 9.53 Å². The number of rotatable bonds is 2. The molecule has 0 aliphatic rings. The molecule has 59 valence electrons. The van der Waals surface area contributed by atoms with Gasteiger partial charge in [-0.15, -0.1) is 0 Å². The largest absolute Gasteiger partial charge is 0.407 e. The number of carbonyl (C=O) groups excluding carboxylic acids is 1. The van der Waals surface area contributed by atoms with Gasteiger partial charge in [-0.2, -0.15) is 5.10 Å². The summed E-state index contributed by atoms with van der Waals surface area (Å²) in [5.41, 5.74) is 0. The molecule has 0 N–H and O–H groups in total. The Kier molecular flexibility index (Phi) is 2.25. The minimum atomic E-state index is -0.273. The van der Waals surface area contributed by atoms with Crippen molar-refractivity contribution in [3.8, 4) is 5.88 Å². The summed E-state index contributed by atoms with van der Waals surface area (Å²) in [7, 11) is 1.69. The normalized spacial score (nSPS) is 9.64. The molecule has 0 aliphatic heterocycles. The number of nitrogens with zero attached hydrogens (tertiary/aromatic N) is 2. The fraction of sp³-hybridized carbons (Fsp3) is 0.429. The highest BCUT2D eigenvalue weighted by Crippen LogP contribution is 2.06. The van der Waals surface area contributed by atoms with Gasteiger partial charge in [0.1, 0.15) is 0 Å². The van der Waals surface area contributed by atoms with Crippen LogP contribution in [0.25, 0.3) is 0 Å². The first-order valence-corrected chi connectivity index (χ1v) is 3.34. The zero-order chi connectivity index (χ0) is 8.27. The zero-order valence-electron chi connectivity index (χ0n) is 6.50. The van der Waals surface area contributed by atoms with Gasteiger partial charge in [0.2, 0.25) is 5.88 Å². The Morgan fingerprint density at radius 2 is 2.64 bits per heavy atom. The van der Waals surface area contributed by atoms with Crippen molar-refractivity contribution in [3.05, 3.63) is 12.3 Å². The van der Waals surface area contributed by atoms with Gasteiger partial charge >= 0.3 is 5.97 Å². The lowest BCUT2D eigenvalue weighted by atomic mass is 10.5. The zero-order valence-corrected chi connectivity index (χ0v) is 6.50. The second kappa shape index (κ2) is 3.18. The first kappa shape index (κ1) is 7.78. The molecule has 1 radical (unpaired) electrons. The average Bonchev–Trinajstić information content (AvgIpc) is 2.37. The third-order valence-corrected chi connectivity index (χ3v) is 1.21. The van der Waals surface area contributed by atoms with E-state index in [4.69, 9.17) is 4.74 Å². The minimum Gasteiger partial charge on any atom is -0.407 e. The van der Waals surface area contributed by atoms with E-state index in [0.717, 1.165) is 0 Å². The molecule has 1 rings (SSSR count). The van der Waals surface area contributed by atoms with Gasteiger partial charge in [0.25, 0.3) is 0 Å². The number of esters is 1. The molecule has 0 fully saturated rings. The molecule has 0 aliphatic carbocycles. The molecule has 0 spiro atoms. The Morgan fingerprint density at radius 3 is 3.09 bits per heavy atom. The molecule has 1 heterocycles. The van der Waals surface area contributed by atoms with Crippen LogP contribution in [0.3, 0.4) is 0 Å². The second-order valence-corrected chi connectivity index (χ2v) is 2.05. The molecule has 0 aromatic carbocycles. The molecule has 0 amide bonds. The molecule has 4 heteroatoms. The third-order valence-electron chi connectivity index (χ3n) is 1.21. The standard InChI is InChI=1S/C7H9N2O2/c1-3-7(10)11-6-4-5-8-9(6)2/h5H,3H2,1-2H3. The highest BCUT2D eigenvalue weighted by molar-refractivity contribution is 5.71. The van der Waals surface area contributed by atoms with Gasteiger partial charge in [-0.05, 0) is 0 Å². The van der Waals surface area contributed by atoms with Crippen LogP contribution in [0.5, 0.6) is 5.88 Å². The van der Waals surface area contributed by atoms with Crippen molar-refractivity contribution >= 4 is 5.97 Å². The quantitative estimate of drug-likeness (QED) is 0.582. The molecule has 4 nitrogen and oxygen atoms in total. The summed E-state index contributed by atoms with van der Waals surface area (Å²) in [4.78, 5) is 10.7. The van der Waals surface area contributed by atoms with Crippen molar-refractivity contribution in [1.29, 1.82) is 0 Å². The average molecular weight is 153 g/mol. The van der Waals surface area contributed by atoms with E-state index >= 15 is 0 Å². The van der Waals surface area contributed by atoms with E-state index in [9.17, 15) is 4.79 Å². The Balaban J connectivity index is 2.64. The van der Waals surface area contributed by atoms with Gasteiger partial charge in [0, 0.05) is 13.5 Å². The maximum absolute atomic E-state index is 10.7. The number of hydrogen-bond acceptors (Lipinski definition) is 3. The highest BCUT2D eigenvalue weighted by Gasteiger charge is 2.04. The Morgan fingerprint density at radius 1 is 1.91 bits per heavy atom. The van der Waals surface area contributed by atoms with E-state index in [1.807, 2.05) is 0 Å². The first-order valence-electron chi connectivity index (χ1n) is 3.34. The van der Waals surface area contributed by atoms with Gasteiger partial charge in [0.15, 0.2) is 0 Å². The van der Waals surface area contributed by atoms with Gasteiger partial charge < -0.3 is 4.74 Å². The fourth-order valence-corrected chi connectivity index (χ4v) is 0.592. The second-order valence-electron chi connectivity index (χ2n) is 2.05. The lowest BCUT2D eigenvalue weighted by Gasteiger charge is -2.00. The lowest BCUT2D eigenvalue weighted by molar-refractivity contribution is -0.134. The number of carbonyl (C=O) groups is 1. The van der Waals surface area contributed by atoms with Crippen LogP contribution in [0.15, 0.2) is 6.20 Å². The Hall–Kier alpha value is -1.32. The van der Waals surface area contributed by atoms with Crippen LogP contribution in [0.2, 0.25) is 0 Å². The molecule has 0 saturated heterocycles. The lowest BCUT2D eigenvalue weighted by Crippen LogP contribution is -2.08. The van der Waals surface area contributed by atoms with Gasteiger partial charge in [0.05, 0.1) is 12.3 Å². The summed E-state index contributed by atoms with van der Waals surface area (Å²) >= 11 is 0. The molecule has 1 aromatic rings. The maximum atomic E-state index is 10.7. The molecule has 1 aromatic heterocycles. The van der Waals surface area contributed by atoms with Crippen LogP contribution < -0.4 is 4.74 Å². The molecule has 11 heavy (non-hydrogen) atoms. The van der Waals surface area contributed by atoms with E-state index in [0.29, 0.717) is 12.3 Å². The Bertz CT molecular complexity index is 255. The van der Waals surface area contributed by atoms with Crippen molar-refractivity contribution in [2.45, 2.75) is 13.3 Å². The maximum Gasteiger partial charge on any atom is 0.312 e. The van der Waals surface area contributed by atoms with Crippen molar-refractivity contribution in [2.75, 3.05) is 0 Å². The van der Waals surface area contributed by atoms with E-state index < -0.39 is 0 Å². The van der Waals surface area contributed by atoms with E-state index in [-0.39, 0.29) is 5.97 Å². The summed E-state index contributed by atoms with van der Waals surface area (Å²) in [6.45, 7) is 1.73. The molecule has 0 unspecified atom stereocenters. The topological polar surface area (TPSA) is 44.1 Å². The van der Waals surface area contributed by atoms with E-state index in [2.05, 4.69) is 11.2 Å². The fourth-order valence-electron chi connectivity index (χ4n) is 0.592. The number of hydrogen-bond donors (Lipinski definition) is 0. The smallest absolute Gasteiger partial charge is 0.312 e. The predicted octanol–water partition coefficient (Wildman–Crippen LogP) is 0.536. The van der Waals surface area contributed by atoms with Gasteiger partial charge in [-0.3, -0.25) is 4.79 Å². The van der Waals surface area contributed by atoms with Crippen LogP contribution in [0.1, 0.15) is 13.3 Å². The molecule has 0 saturated carbocycles. The summed E-state index contributed by atoms with van der Waals surface area (Å²) in [6, 6.07) is 2.68. The minimum absolute atomic E-state index is 0.273. The van der Waals surface area contributed by atoms with Crippen LogP contribution in [-0.4, -0.2) is 15.7 Å². The third kappa shape index (κ3) is 1.80. The number of aromatic nitrogens is 2. The summed E-state index contributed by atoms with van der Waals surface area (Å²) in [5, 5.41) is 3.79. The first-order chi connectivity index (χ1) is 5.24. The summed E-state index contributed by atoms with van der Waals surface area (Å²) in [6.07, 6.45) is 1.82. The van der Waals surface area contributed by atoms with Crippen LogP contribution in [-0.2, 0) is 11.8 Å². The molecule has 0 atom stereocenters. The Labute approximate surface area is 64.8 Å². The number of ether oxygens (including phenoxy) is 1. The molecular weight excluding hydrogens is 144 g/mol. The summed E-state index contributed by atoms with van der Waals surface area (Å²) in [5.74, 6) is 0.0849. The monoisotopic (exact) mass is 153 g/mol. The SMILES string of the molecule is CCC(=O)Oc1[c]cnn1C. The van der Waals surface area contributed by atoms with Crippen molar-refractivity contribution in [2.24, 2.45) is 7.05 Å². The van der Waals surface area contributed by atoms with Gasteiger partial charge in [-0.25, -0.2) is 4.68 Å². The molecule has 0 bridgehead atoms. The number of aryl methyl sites for hydroxylation is 1.